The van der Waals surface area contributed by atoms with E-state index in [0.717, 1.165) is 40.5 Å². The number of benzene rings is 2. The highest BCUT2D eigenvalue weighted by Gasteiger charge is 2.31. The number of carbonyl (C=O) groups is 1. The Morgan fingerprint density at radius 3 is 2.71 bits per heavy atom. The monoisotopic (exact) mass is 456 g/mol. The maximum atomic E-state index is 12.6. The fourth-order valence-electron chi connectivity index (χ4n) is 2.97. The van der Waals surface area contributed by atoms with Crippen LogP contribution < -0.4 is 5.32 Å². The molecule has 1 unspecified atom stereocenters. The molecule has 1 saturated carbocycles. The molecule has 1 heterocycles. The number of nitrogens with zero attached hydrogens (tertiary/aromatic N) is 3. The third-order valence-corrected chi connectivity index (χ3v) is 6.19. The number of anilines is 1. The average molecular weight is 457 g/mol. The Bertz CT molecular complexity index is 972. The van der Waals surface area contributed by atoms with Crippen molar-refractivity contribution < 1.29 is 4.79 Å². The number of rotatable bonds is 7. The topological polar surface area (TPSA) is 59.8 Å². The van der Waals surface area contributed by atoms with E-state index in [1.807, 2.05) is 49.4 Å². The number of aromatic nitrogens is 3. The lowest BCUT2D eigenvalue weighted by Gasteiger charge is -2.14. The van der Waals surface area contributed by atoms with Crippen molar-refractivity contribution >= 4 is 39.3 Å². The van der Waals surface area contributed by atoms with E-state index in [0.29, 0.717) is 5.92 Å². The first-order valence-electron chi connectivity index (χ1n) is 9.30. The van der Waals surface area contributed by atoms with Gasteiger partial charge >= 0.3 is 0 Å². The molecule has 0 aliphatic heterocycles. The molecule has 4 rings (SSSR count). The molecule has 1 N–H and O–H groups in total. The molecule has 1 atom stereocenters. The lowest BCUT2D eigenvalue weighted by molar-refractivity contribution is -0.115. The summed E-state index contributed by atoms with van der Waals surface area (Å²) in [6.07, 6.45) is 2.33. The summed E-state index contributed by atoms with van der Waals surface area (Å²) in [5, 5.41) is 12.3. The smallest absolute Gasteiger partial charge is 0.237 e. The molecule has 1 aliphatic rings. The maximum Gasteiger partial charge on any atom is 0.237 e. The number of nitrogens with one attached hydrogen (secondary N) is 1. The summed E-state index contributed by atoms with van der Waals surface area (Å²) in [4.78, 5) is 12.6. The van der Waals surface area contributed by atoms with Gasteiger partial charge in [0.2, 0.25) is 5.91 Å². The molecule has 1 fully saturated rings. The van der Waals surface area contributed by atoms with Gasteiger partial charge in [0.1, 0.15) is 5.82 Å². The van der Waals surface area contributed by atoms with Gasteiger partial charge in [-0.15, -0.1) is 10.2 Å². The van der Waals surface area contributed by atoms with Crippen LogP contribution in [0.1, 0.15) is 37.1 Å². The third-order valence-electron chi connectivity index (χ3n) is 4.62. The lowest BCUT2D eigenvalue weighted by Crippen LogP contribution is -2.23. The second-order valence-electron chi connectivity index (χ2n) is 6.95. The molecule has 3 aromatic rings. The van der Waals surface area contributed by atoms with Crippen molar-refractivity contribution in [1.82, 2.24) is 14.8 Å². The van der Waals surface area contributed by atoms with Crippen LogP contribution >= 0.6 is 27.7 Å². The molecule has 2 aromatic carbocycles. The molecule has 0 saturated heterocycles. The minimum atomic E-state index is -0.287. The zero-order valence-corrected chi connectivity index (χ0v) is 17.9. The standard InChI is InChI=1S/C21H21BrN4OS/c1-14(20(27)23-18-9-5-8-17(22)12-18)28-21-25-24-19(16-10-11-16)26(21)13-15-6-3-2-4-7-15/h2-9,12,14,16H,10-11,13H2,1H3,(H,23,27). The molecular formula is C21H21BrN4OS. The summed E-state index contributed by atoms with van der Waals surface area (Å²) >= 11 is 4.88. The summed E-state index contributed by atoms with van der Waals surface area (Å²) in [6.45, 7) is 2.62. The lowest BCUT2D eigenvalue weighted by atomic mass is 10.2. The third kappa shape index (κ3) is 4.64. The first kappa shape index (κ1) is 19.2. The second kappa shape index (κ2) is 8.49. The summed E-state index contributed by atoms with van der Waals surface area (Å²) < 4.78 is 3.10. The van der Waals surface area contributed by atoms with E-state index in [1.165, 1.54) is 17.3 Å². The van der Waals surface area contributed by atoms with Gasteiger partial charge in [-0.3, -0.25) is 4.79 Å². The molecular weight excluding hydrogens is 436 g/mol. The van der Waals surface area contributed by atoms with Crippen molar-refractivity contribution in [3.05, 3.63) is 70.5 Å². The van der Waals surface area contributed by atoms with Crippen molar-refractivity contribution in [2.45, 2.75) is 42.6 Å². The first-order valence-corrected chi connectivity index (χ1v) is 11.0. The van der Waals surface area contributed by atoms with Gasteiger partial charge in [-0.25, -0.2) is 0 Å². The van der Waals surface area contributed by atoms with Crippen molar-refractivity contribution in [3.8, 4) is 0 Å². The Hall–Kier alpha value is -2.12. The molecule has 0 bridgehead atoms. The Morgan fingerprint density at radius 1 is 1.21 bits per heavy atom. The minimum absolute atomic E-state index is 0.0506. The van der Waals surface area contributed by atoms with Crippen molar-refractivity contribution in [2.75, 3.05) is 5.32 Å². The van der Waals surface area contributed by atoms with Gasteiger partial charge in [0.25, 0.3) is 0 Å². The maximum absolute atomic E-state index is 12.6. The Balaban J connectivity index is 1.50. The normalized spacial score (nSPS) is 14.6. The van der Waals surface area contributed by atoms with Crippen LogP contribution in [0.5, 0.6) is 0 Å². The van der Waals surface area contributed by atoms with Crippen molar-refractivity contribution in [3.63, 3.8) is 0 Å². The van der Waals surface area contributed by atoms with Gasteiger partial charge in [0, 0.05) is 16.1 Å². The van der Waals surface area contributed by atoms with Crippen LogP contribution in [0.2, 0.25) is 0 Å². The average Bonchev–Trinajstić information content (AvgIpc) is 3.46. The second-order valence-corrected chi connectivity index (χ2v) is 9.17. The molecule has 7 heteroatoms. The van der Waals surface area contributed by atoms with Gasteiger partial charge in [-0.05, 0) is 43.5 Å². The fourth-order valence-corrected chi connectivity index (χ4v) is 4.22. The molecule has 1 aromatic heterocycles. The Kier molecular flexibility index (Phi) is 5.82. The van der Waals surface area contributed by atoms with E-state index < -0.39 is 0 Å². The highest BCUT2D eigenvalue weighted by atomic mass is 79.9. The highest BCUT2D eigenvalue weighted by molar-refractivity contribution is 9.10. The SMILES string of the molecule is CC(Sc1nnc(C2CC2)n1Cc1ccccc1)C(=O)Nc1cccc(Br)c1. The molecule has 1 amide bonds. The Morgan fingerprint density at radius 2 is 2.00 bits per heavy atom. The first-order chi connectivity index (χ1) is 13.6. The highest BCUT2D eigenvalue weighted by Crippen LogP contribution is 2.40. The van der Waals surface area contributed by atoms with Crippen LogP contribution in [0.15, 0.2) is 64.2 Å². The molecule has 1 aliphatic carbocycles. The molecule has 5 nitrogen and oxygen atoms in total. The number of hydrogen-bond donors (Lipinski definition) is 1. The van der Waals surface area contributed by atoms with Crippen LogP contribution in [0.4, 0.5) is 5.69 Å². The number of halogens is 1. The number of hydrogen-bond acceptors (Lipinski definition) is 4. The van der Waals surface area contributed by atoms with E-state index in [4.69, 9.17) is 0 Å². The number of amides is 1. The predicted molar refractivity (Wildman–Crippen MR) is 116 cm³/mol. The summed E-state index contributed by atoms with van der Waals surface area (Å²) in [7, 11) is 0. The molecule has 144 valence electrons. The van der Waals surface area contributed by atoms with Crippen LogP contribution in [-0.2, 0) is 11.3 Å². The van der Waals surface area contributed by atoms with E-state index in [1.54, 1.807) is 0 Å². The quantitative estimate of drug-likeness (QED) is 0.503. The summed E-state index contributed by atoms with van der Waals surface area (Å²) in [5.41, 5.74) is 1.98. The zero-order chi connectivity index (χ0) is 19.5. The van der Waals surface area contributed by atoms with Crippen LogP contribution in [0, 0.1) is 0 Å². The minimum Gasteiger partial charge on any atom is -0.325 e. The van der Waals surface area contributed by atoms with E-state index in [-0.39, 0.29) is 11.2 Å². The van der Waals surface area contributed by atoms with Crippen molar-refractivity contribution in [2.24, 2.45) is 0 Å². The van der Waals surface area contributed by atoms with Gasteiger partial charge in [-0.2, -0.15) is 0 Å². The summed E-state index contributed by atoms with van der Waals surface area (Å²) in [5.74, 6) is 1.48. The van der Waals surface area contributed by atoms with E-state index in [9.17, 15) is 4.79 Å². The van der Waals surface area contributed by atoms with Crippen LogP contribution in [-0.4, -0.2) is 25.9 Å². The van der Waals surface area contributed by atoms with Crippen LogP contribution in [0.25, 0.3) is 0 Å². The van der Waals surface area contributed by atoms with Gasteiger partial charge in [0.15, 0.2) is 5.16 Å². The van der Waals surface area contributed by atoms with Crippen molar-refractivity contribution in [1.29, 1.82) is 0 Å². The zero-order valence-electron chi connectivity index (χ0n) is 15.5. The largest absolute Gasteiger partial charge is 0.325 e. The van der Waals surface area contributed by atoms with Gasteiger partial charge < -0.3 is 9.88 Å². The van der Waals surface area contributed by atoms with Crippen LogP contribution in [0.3, 0.4) is 0 Å². The molecule has 0 radical (unpaired) electrons. The molecule has 28 heavy (non-hydrogen) atoms. The molecule has 0 spiro atoms. The fraction of sp³-hybridized carbons (Fsp3) is 0.286. The Labute approximate surface area is 177 Å². The van der Waals surface area contributed by atoms with Gasteiger partial charge in [-0.1, -0.05) is 64.1 Å². The van der Waals surface area contributed by atoms with E-state index >= 15 is 0 Å². The number of carbonyl (C=O) groups excluding carboxylic acids is 1. The summed E-state index contributed by atoms with van der Waals surface area (Å²) in [6, 6.07) is 17.9. The number of thioether (sulfide) groups is 1. The predicted octanol–water partition coefficient (Wildman–Crippen LogP) is 5.09. The van der Waals surface area contributed by atoms with Gasteiger partial charge in [0.05, 0.1) is 11.8 Å². The van der Waals surface area contributed by atoms with E-state index in [2.05, 4.69) is 48.1 Å².